The number of nitrogens with one attached hydrogen (secondary N) is 2. The maximum Gasteiger partial charge on any atom is 0.242 e. The van der Waals surface area contributed by atoms with Crippen LogP contribution >= 0.6 is 23.2 Å². The van der Waals surface area contributed by atoms with Crippen molar-refractivity contribution in [1.82, 2.24) is 10.0 Å². The molecule has 0 aliphatic rings. The van der Waals surface area contributed by atoms with Crippen LogP contribution in [0, 0.1) is 0 Å². The first-order valence-corrected chi connectivity index (χ1v) is 10.8. The lowest BCUT2D eigenvalue weighted by Gasteiger charge is -2.21. The van der Waals surface area contributed by atoms with Crippen LogP contribution in [0.4, 0.5) is 0 Å². The Morgan fingerprint density at radius 1 is 1.14 bits per heavy atom. The zero-order valence-corrected chi connectivity index (χ0v) is 17.8. The van der Waals surface area contributed by atoms with Gasteiger partial charge in [0.25, 0.3) is 0 Å². The number of amides is 1. The maximum absolute atomic E-state index is 12.9. The Morgan fingerprint density at radius 3 is 2.46 bits per heavy atom. The van der Waals surface area contributed by atoms with Crippen molar-refractivity contribution in [2.45, 2.75) is 30.3 Å². The third-order valence-corrected chi connectivity index (χ3v) is 6.07. The third-order valence-electron chi connectivity index (χ3n) is 3.88. The molecule has 9 heteroatoms. The van der Waals surface area contributed by atoms with Crippen molar-refractivity contribution in [1.29, 1.82) is 0 Å². The number of carbonyl (C=O) groups excluding carboxylic acids is 1. The van der Waals surface area contributed by atoms with Gasteiger partial charge in [-0.15, -0.1) is 0 Å². The molecule has 0 radical (unpaired) electrons. The van der Waals surface area contributed by atoms with Crippen molar-refractivity contribution < 1.29 is 17.9 Å². The predicted molar refractivity (Wildman–Crippen MR) is 110 cm³/mol. The summed E-state index contributed by atoms with van der Waals surface area (Å²) in [4.78, 5) is 12.6. The van der Waals surface area contributed by atoms with Crippen molar-refractivity contribution in [3.63, 3.8) is 0 Å². The fraction of sp³-hybridized carbons (Fsp3) is 0.316. The highest BCUT2D eigenvalue weighted by molar-refractivity contribution is 7.89. The molecule has 0 aliphatic heterocycles. The van der Waals surface area contributed by atoms with Crippen LogP contribution in [0.25, 0.3) is 0 Å². The van der Waals surface area contributed by atoms with E-state index in [-0.39, 0.29) is 27.4 Å². The van der Waals surface area contributed by atoms with E-state index in [1.165, 1.54) is 25.3 Å². The molecule has 0 aliphatic carbocycles. The standard InChI is InChI=1S/C19H22Cl2N2O4S/c1-13(12-27-2)22-19(24)17(10-14-6-4-3-5-7-14)23-28(25,26)18-11-15(20)8-9-16(18)21/h3-9,11,13,17,23H,10,12H2,1-2H3,(H,22,24)/t13-,17-/m0/s1. The van der Waals surface area contributed by atoms with E-state index in [0.717, 1.165) is 5.56 Å². The van der Waals surface area contributed by atoms with Crippen molar-refractivity contribution in [3.8, 4) is 0 Å². The highest BCUT2D eigenvalue weighted by atomic mass is 35.5. The van der Waals surface area contributed by atoms with E-state index in [2.05, 4.69) is 10.0 Å². The summed E-state index contributed by atoms with van der Waals surface area (Å²) in [5.74, 6) is -0.463. The molecule has 152 valence electrons. The van der Waals surface area contributed by atoms with E-state index in [1.807, 2.05) is 30.3 Å². The van der Waals surface area contributed by atoms with Gasteiger partial charge in [0.1, 0.15) is 10.9 Å². The van der Waals surface area contributed by atoms with Gasteiger partial charge in [0, 0.05) is 18.2 Å². The maximum atomic E-state index is 12.9. The average Bonchev–Trinajstić information content (AvgIpc) is 2.64. The summed E-state index contributed by atoms with van der Waals surface area (Å²) in [5.41, 5.74) is 0.807. The second-order valence-corrected chi connectivity index (χ2v) is 8.83. The van der Waals surface area contributed by atoms with E-state index in [9.17, 15) is 13.2 Å². The van der Waals surface area contributed by atoms with Crippen LogP contribution in [0.15, 0.2) is 53.4 Å². The molecule has 2 aromatic carbocycles. The summed E-state index contributed by atoms with van der Waals surface area (Å²) < 4.78 is 33.2. The van der Waals surface area contributed by atoms with Gasteiger partial charge in [-0.3, -0.25) is 4.79 Å². The van der Waals surface area contributed by atoms with E-state index in [4.69, 9.17) is 27.9 Å². The quantitative estimate of drug-likeness (QED) is 0.622. The number of halogens is 2. The lowest BCUT2D eigenvalue weighted by molar-refractivity contribution is -0.123. The van der Waals surface area contributed by atoms with Crippen LogP contribution < -0.4 is 10.0 Å². The van der Waals surface area contributed by atoms with Gasteiger partial charge in [0.2, 0.25) is 15.9 Å². The molecule has 0 heterocycles. The Hall–Kier alpha value is -1.64. The van der Waals surface area contributed by atoms with Crippen LogP contribution in [-0.2, 0) is 26.0 Å². The minimum absolute atomic E-state index is 0.0171. The second kappa shape index (κ2) is 10.2. The van der Waals surface area contributed by atoms with E-state index in [1.54, 1.807) is 6.92 Å². The minimum atomic E-state index is -4.08. The molecule has 2 N–H and O–H groups in total. The number of ether oxygens (including phenoxy) is 1. The second-order valence-electron chi connectivity index (χ2n) is 6.30. The molecule has 2 aromatic rings. The van der Waals surface area contributed by atoms with E-state index < -0.39 is 22.0 Å². The number of benzene rings is 2. The molecule has 0 bridgehead atoms. The fourth-order valence-electron chi connectivity index (χ4n) is 2.61. The van der Waals surface area contributed by atoms with Crippen molar-refractivity contribution in [2.24, 2.45) is 0 Å². The van der Waals surface area contributed by atoms with Crippen LogP contribution in [0.5, 0.6) is 0 Å². The molecule has 6 nitrogen and oxygen atoms in total. The van der Waals surface area contributed by atoms with Gasteiger partial charge < -0.3 is 10.1 Å². The van der Waals surface area contributed by atoms with Crippen molar-refractivity contribution in [2.75, 3.05) is 13.7 Å². The minimum Gasteiger partial charge on any atom is -0.383 e. The largest absolute Gasteiger partial charge is 0.383 e. The Morgan fingerprint density at radius 2 is 1.82 bits per heavy atom. The van der Waals surface area contributed by atoms with Crippen molar-refractivity contribution >= 4 is 39.1 Å². The van der Waals surface area contributed by atoms with Gasteiger partial charge in [-0.25, -0.2) is 8.42 Å². The molecule has 0 unspecified atom stereocenters. The zero-order valence-electron chi connectivity index (χ0n) is 15.5. The van der Waals surface area contributed by atoms with Crippen LogP contribution in [0.3, 0.4) is 0 Å². The van der Waals surface area contributed by atoms with Gasteiger partial charge >= 0.3 is 0 Å². The lowest BCUT2D eigenvalue weighted by Crippen LogP contribution is -2.50. The topological polar surface area (TPSA) is 84.5 Å². The van der Waals surface area contributed by atoms with Gasteiger partial charge in [0.05, 0.1) is 11.6 Å². The van der Waals surface area contributed by atoms with Gasteiger partial charge in [-0.1, -0.05) is 53.5 Å². The Balaban J connectivity index is 2.29. The molecular formula is C19H22Cl2N2O4S. The summed E-state index contributed by atoms with van der Waals surface area (Å²) in [7, 11) is -2.56. The highest BCUT2D eigenvalue weighted by Gasteiger charge is 2.28. The number of sulfonamides is 1. The normalized spacial score (nSPS) is 13.7. The molecule has 0 spiro atoms. The molecule has 2 atom stereocenters. The molecule has 0 fully saturated rings. The summed E-state index contributed by atoms with van der Waals surface area (Å²) in [6, 6.07) is 11.9. The highest BCUT2D eigenvalue weighted by Crippen LogP contribution is 2.25. The number of carbonyl (C=O) groups is 1. The first kappa shape index (κ1) is 22.6. The Bertz CT molecular complexity index is 907. The van der Waals surface area contributed by atoms with E-state index >= 15 is 0 Å². The van der Waals surface area contributed by atoms with Crippen molar-refractivity contribution in [3.05, 3.63) is 64.1 Å². The molecule has 0 saturated heterocycles. The fourth-order valence-corrected chi connectivity index (χ4v) is 4.56. The summed E-state index contributed by atoms with van der Waals surface area (Å²) in [6.45, 7) is 2.07. The molecule has 28 heavy (non-hydrogen) atoms. The molecule has 0 aromatic heterocycles. The first-order valence-electron chi connectivity index (χ1n) is 8.53. The molecule has 2 rings (SSSR count). The number of rotatable bonds is 9. The van der Waals surface area contributed by atoms with Crippen LogP contribution in [-0.4, -0.2) is 40.1 Å². The number of hydrogen-bond acceptors (Lipinski definition) is 4. The first-order chi connectivity index (χ1) is 13.2. The summed E-state index contributed by atoms with van der Waals surface area (Å²) in [6.07, 6.45) is 0.170. The third kappa shape index (κ3) is 6.46. The molecular weight excluding hydrogens is 423 g/mol. The molecule has 0 saturated carbocycles. The van der Waals surface area contributed by atoms with Gasteiger partial charge in [0.15, 0.2) is 0 Å². The molecule has 1 amide bonds. The SMILES string of the molecule is COC[C@H](C)NC(=O)[C@H](Cc1ccccc1)NS(=O)(=O)c1cc(Cl)ccc1Cl. The predicted octanol–water partition coefficient (Wildman–Crippen LogP) is 3.03. The summed E-state index contributed by atoms with van der Waals surface area (Å²) in [5, 5.41) is 2.99. The average molecular weight is 445 g/mol. The van der Waals surface area contributed by atoms with Crippen LogP contribution in [0.1, 0.15) is 12.5 Å². The lowest BCUT2D eigenvalue weighted by atomic mass is 10.1. The summed E-state index contributed by atoms with van der Waals surface area (Å²) >= 11 is 11.9. The Kier molecular flexibility index (Phi) is 8.27. The van der Waals surface area contributed by atoms with Gasteiger partial charge in [-0.2, -0.15) is 4.72 Å². The number of hydrogen-bond donors (Lipinski definition) is 2. The van der Waals surface area contributed by atoms with E-state index in [0.29, 0.717) is 6.61 Å². The van der Waals surface area contributed by atoms with Gasteiger partial charge in [-0.05, 0) is 37.1 Å². The Labute approximate surface area is 175 Å². The monoisotopic (exact) mass is 444 g/mol. The van der Waals surface area contributed by atoms with Crippen LogP contribution in [0.2, 0.25) is 10.0 Å². The zero-order chi connectivity index (χ0) is 20.7. The smallest absolute Gasteiger partial charge is 0.242 e. The number of methoxy groups -OCH3 is 1.